The average Bonchev–Trinajstić information content (AvgIpc) is 2.19. The van der Waals surface area contributed by atoms with Gasteiger partial charge >= 0.3 is 23.1 Å². The summed E-state index contributed by atoms with van der Waals surface area (Å²) in [5.41, 5.74) is 1.32. The topological polar surface area (TPSA) is 3.24 Å². The molecule has 0 saturated carbocycles. The Morgan fingerprint density at radius 3 is 1.93 bits per heavy atom. The van der Waals surface area contributed by atoms with Crippen LogP contribution in [0.25, 0.3) is 0 Å². The first kappa shape index (κ1) is 17.5. The molecule has 1 rings (SSSR count). The fourth-order valence-electron chi connectivity index (χ4n) is 1.50. The average molecular weight is 236 g/mol. The number of hydrogen-bond donors (Lipinski definition) is 0. The van der Waals surface area contributed by atoms with E-state index in [9.17, 15) is 0 Å². The van der Waals surface area contributed by atoms with Gasteiger partial charge in [0.2, 0.25) is 0 Å². The van der Waals surface area contributed by atoms with E-state index in [0.29, 0.717) is 0 Å². The van der Waals surface area contributed by atoms with Crippen LogP contribution in [0.4, 0.5) is 5.69 Å². The SMILES string of the molecule is CCCN(CCC)c1cc[c-]cc1.[Cl-].[Mg+2]. The van der Waals surface area contributed by atoms with Gasteiger partial charge in [-0.1, -0.05) is 19.5 Å². The molecular formula is C12H18ClMgN. The summed E-state index contributed by atoms with van der Waals surface area (Å²) in [7, 11) is 0. The summed E-state index contributed by atoms with van der Waals surface area (Å²) >= 11 is 0. The van der Waals surface area contributed by atoms with Crippen molar-refractivity contribution in [2.24, 2.45) is 0 Å². The maximum absolute atomic E-state index is 3.05. The molecule has 0 atom stereocenters. The third-order valence-corrected chi connectivity index (χ3v) is 2.05. The minimum absolute atomic E-state index is 0. The van der Waals surface area contributed by atoms with Crippen molar-refractivity contribution in [1.82, 2.24) is 0 Å². The Morgan fingerprint density at radius 1 is 1.07 bits per heavy atom. The first-order valence-electron chi connectivity index (χ1n) is 5.09. The van der Waals surface area contributed by atoms with Crippen LogP contribution in [0.3, 0.4) is 0 Å². The molecule has 0 fully saturated rings. The van der Waals surface area contributed by atoms with Gasteiger partial charge in [-0.25, -0.2) is 0 Å². The molecule has 3 heteroatoms. The molecule has 0 saturated heterocycles. The minimum Gasteiger partial charge on any atom is -1.00 e. The fourth-order valence-corrected chi connectivity index (χ4v) is 1.50. The maximum atomic E-state index is 3.05. The van der Waals surface area contributed by atoms with Crippen LogP contribution in [0.5, 0.6) is 0 Å². The van der Waals surface area contributed by atoms with E-state index >= 15 is 0 Å². The molecular weight excluding hydrogens is 218 g/mol. The third-order valence-electron chi connectivity index (χ3n) is 2.05. The molecule has 0 bridgehead atoms. The van der Waals surface area contributed by atoms with Gasteiger partial charge in [-0.15, -0.1) is 12.1 Å². The number of nitrogens with zero attached hydrogens (tertiary/aromatic N) is 1. The van der Waals surface area contributed by atoms with Crippen molar-refractivity contribution in [2.45, 2.75) is 26.7 Å². The van der Waals surface area contributed by atoms with Gasteiger partial charge in [-0.05, 0) is 12.8 Å². The van der Waals surface area contributed by atoms with Crippen LogP contribution >= 0.6 is 0 Å². The molecule has 1 nitrogen and oxygen atoms in total. The molecule has 0 spiro atoms. The monoisotopic (exact) mass is 235 g/mol. The van der Waals surface area contributed by atoms with Gasteiger partial charge in [-0.3, -0.25) is 0 Å². The number of anilines is 1. The van der Waals surface area contributed by atoms with E-state index in [2.05, 4.69) is 36.9 Å². The van der Waals surface area contributed by atoms with Crippen molar-refractivity contribution < 1.29 is 12.4 Å². The molecule has 80 valence electrons. The van der Waals surface area contributed by atoms with Crippen molar-refractivity contribution in [3.8, 4) is 0 Å². The van der Waals surface area contributed by atoms with Gasteiger partial charge in [0.1, 0.15) is 0 Å². The van der Waals surface area contributed by atoms with Gasteiger partial charge in [0.15, 0.2) is 0 Å². The van der Waals surface area contributed by atoms with Gasteiger partial charge in [-0.2, -0.15) is 18.2 Å². The maximum Gasteiger partial charge on any atom is 2.00 e. The zero-order valence-electron chi connectivity index (χ0n) is 9.67. The van der Waals surface area contributed by atoms with E-state index in [4.69, 9.17) is 0 Å². The standard InChI is InChI=1S/C12H18N.ClH.Mg/c1-3-10-13(11-4-2)12-8-6-5-7-9-12;;/h6-9H,3-4,10-11H2,1-2H3;1H;/q-1;;+2/p-1. The van der Waals surface area contributed by atoms with Gasteiger partial charge in [0.05, 0.1) is 0 Å². The molecule has 0 N–H and O–H groups in total. The van der Waals surface area contributed by atoms with Crippen LogP contribution in [-0.4, -0.2) is 36.1 Å². The number of benzene rings is 1. The molecule has 0 radical (unpaired) electrons. The summed E-state index contributed by atoms with van der Waals surface area (Å²) in [6.45, 7) is 6.74. The molecule has 0 aliphatic rings. The van der Waals surface area contributed by atoms with Crippen molar-refractivity contribution >= 4 is 28.7 Å². The Bertz CT molecular complexity index is 222. The number of rotatable bonds is 5. The second kappa shape index (κ2) is 10.6. The van der Waals surface area contributed by atoms with Gasteiger partial charge < -0.3 is 17.3 Å². The normalized spacial score (nSPS) is 8.67. The van der Waals surface area contributed by atoms with E-state index in [-0.39, 0.29) is 35.5 Å². The summed E-state index contributed by atoms with van der Waals surface area (Å²) < 4.78 is 0. The molecule has 0 heterocycles. The number of hydrogen-bond acceptors (Lipinski definition) is 1. The Morgan fingerprint density at radius 2 is 1.53 bits per heavy atom. The van der Waals surface area contributed by atoms with Crippen LogP contribution < -0.4 is 17.3 Å². The summed E-state index contributed by atoms with van der Waals surface area (Å²) in [5, 5.41) is 0. The molecule has 0 aliphatic heterocycles. The molecule has 0 aromatic heterocycles. The van der Waals surface area contributed by atoms with Crippen LogP contribution in [0.15, 0.2) is 24.3 Å². The van der Waals surface area contributed by atoms with E-state index in [1.54, 1.807) is 0 Å². The summed E-state index contributed by atoms with van der Waals surface area (Å²) in [4.78, 5) is 2.42. The summed E-state index contributed by atoms with van der Waals surface area (Å²) in [6.07, 6.45) is 2.41. The van der Waals surface area contributed by atoms with Crippen LogP contribution in [0.2, 0.25) is 0 Å². The summed E-state index contributed by atoms with van der Waals surface area (Å²) in [6, 6.07) is 11.3. The second-order valence-corrected chi connectivity index (χ2v) is 3.25. The largest absolute Gasteiger partial charge is 2.00 e. The van der Waals surface area contributed by atoms with E-state index in [1.807, 2.05) is 12.1 Å². The Hall–Kier alpha value is 0.0762. The van der Waals surface area contributed by atoms with Gasteiger partial charge in [0.25, 0.3) is 0 Å². The zero-order chi connectivity index (χ0) is 9.52. The second-order valence-electron chi connectivity index (χ2n) is 3.25. The van der Waals surface area contributed by atoms with Crippen molar-refractivity contribution in [3.05, 3.63) is 30.3 Å². The Labute approximate surface area is 116 Å². The van der Waals surface area contributed by atoms with Crippen LogP contribution in [0, 0.1) is 6.07 Å². The fraction of sp³-hybridized carbons (Fsp3) is 0.500. The minimum atomic E-state index is 0. The molecule has 1 aromatic rings. The molecule has 0 amide bonds. The first-order valence-corrected chi connectivity index (χ1v) is 5.09. The molecule has 0 unspecified atom stereocenters. The van der Waals surface area contributed by atoms with E-state index in [0.717, 1.165) is 13.1 Å². The Kier molecular flexibility index (Phi) is 12.3. The zero-order valence-corrected chi connectivity index (χ0v) is 11.8. The predicted molar refractivity (Wildman–Crippen MR) is 63.8 cm³/mol. The van der Waals surface area contributed by atoms with Crippen molar-refractivity contribution in [3.63, 3.8) is 0 Å². The van der Waals surface area contributed by atoms with Crippen molar-refractivity contribution in [2.75, 3.05) is 18.0 Å². The molecule has 15 heavy (non-hydrogen) atoms. The quantitative estimate of drug-likeness (QED) is 0.502. The van der Waals surface area contributed by atoms with Gasteiger partial charge in [0, 0.05) is 13.1 Å². The van der Waals surface area contributed by atoms with Crippen LogP contribution in [-0.2, 0) is 0 Å². The summed E-state index contributed by atoms with van der Waals surface area (Å²) in [5.74, 6) is 0. The number of halogens is 1. The third kappa shape index (κ3) is 6.28. The Balaban J connectivity index is 0. The molecule has 1 aromatic carbocycles. The smallest absolute Gasteiger partial charge is 1.00 e. The first-order chi connectivity index (χ1) is 6.38. The van der Waals surface area contributed by atoms with E-state index < -0.39 is 0 Å². The van der Waals surface area contributed by atoms with E-state index in [1.165, 1.54) is 18.5 Å². The molecule has 0 aliphatic carbocycles. The predicted octanol–water partition coefficient (Wildman–Crippen LogP) is -0.264. The van der Waals surface area contributed by atoms with Crippen LogP contribution in [0.1, 0.15) is 26.7 Å². The van der Waals surface area contributed by atoms with Crippen molar-refractivity contribution in [1.29, 1.82) is 0 Å².